The lowest BCUT2D eigenvalue weighted by Crippen LogP contribution is -2.69. The molecule has 0 fully saturated rings. The van der Waals surface area contributed by atoms with E-state index in [9.17, 15) is 29.9 Å². The third-order valence-electron chi connectivity index (χ3n) is 9.35. The van der Waals surface area contributed by atoms with Crippen LogP contribution in [0.3, 0.4) is 0 Å². The summed E-state index contributed by atoms with van der Waals surface area (Å²) in [7, 11) is 0.898. The molecular weight excluding hydrogens is 784 g/mol. The molecule has 1 heterocycles. The Balaban J connectivity index is 0.00000541. The number of carboxylic acid groups (broad SMARTS) is 1. The van der Waals surface area contributed by atoms with E-state index in [1.165, 1.54) is 50.2 Å². The number of halogens is 5. The van der Waals surface area contributed by atoms with Gasteiger partial charge in [-0.15, -0.1) is 24.8 Å². The molecular formula is C38H47Cl2F3N4O9. The Hall–Kier alpha value is -4.77. The van der Waals surface area contributed by atoms with Gasteiger partial charge in [-0.1, -0.05) is 45.0 Å². The van der Waals surface area contributed by atoms with Crippen molar-refractivity contribution in [2.24, 2.45) is 5.92 Å². The first-order chi connectivity index (χ1) is 25.5. The molecule has 3 aromatic rings. The Morgan fingerprint density at radius 3 is 2.16 bits per heavy atom. The number of aliphatic hydroxyl groups excluding tert-OH is 1. The fraction of sp³-hybridized carbons (Fsp3) is 0.421. The maximum absolute atomic E-state index is 15.6. The summed E-state index contributed by atoms with van der Waals surface area (Å²) < 4.78 is 63.3. The number of nitro groups is 1. The lowest BCUT2D eigenvalue weighted by atomic mass is 9.61. The van der Waals surface area contributed by atoms with E-state index >= 15 is 13.2 Å². The van der Waals surface area contributed by atoms with Crippen LogP contribution in [0.1, 0.15) is 50.7 Å². The van der Waals surface area contributed by atoms with E-state index in [0.29, 0.717) is 24.6 Å². The SMILES string of the molecule is COC(=O)C1C(c2cccc([N+](=O)[O-])c2)C(C(=O)O)=C(C)NC1(C(C)c1ccc(OCCNc2ccc(OCC(O)CNC(C)C)cc2)cc1)C(F)(F)F.Cl.Cl. The van der Waals surface area contributed by atoms with Gasteiger partial charge in [-0.2, -0.15) is 13.2 Å². The molecule has 5 atom stereocenters. The number of esters is 1. The van der Waals surface area contributed by atoms with Crippen molar-refractivity contribution in [1.82, 2.24) is 10.6 Å². The van der Waals surface area contributed by atoms with E-state index in [1.54, 1.807) is 12.1 Å². The van der Waals surface area contributed by atoms with Crippen molar-refractivity contribution in [2.45, 2.75) is 63.4 Å². The van der Waals surface area contributed by atoms with E-state index in [4.69, 9.17) is 14.2 Å². The molecule has 0 amide bonds. The van der Waals surface area contributed by atoms with Crippen molar-refractivity contribution in [1.29, 1.82) is 0 Å². The van der Waals surface area contributed by atoms with Crippen molar-refractivity contribution in [3.63, 3.8) is 0 Å². The molecule has 13 nitrogen and oxygen atoms in total. The summed E-state index contributed by atoms with van der Waals surface area (Å²) in [6.07, 6.45) is -5.83. The minimum Gasteiger partial charge on any atom is -0.492 e. The average molecular weight is 832 g/mol. The van der Waals surface area contributed by atoms with Gasteiger partial charge in [0.1, 0.15) is 36.7 Å². The van der Waals surface area contributed by atoms with Crippen LogP contribution in [0, 0.1) is 16.0 Å². The first kappa shape index (κ1) is 47.4. The number of methoxy groups -OCH3 is 1. The van der Waals surface area contributed by atoms with Crippen molar-refractivity contribution >= 4 is 48.1 Å². The van der Waals surface area contributed by atoms with E-state index in [2.05, 4.69) is 16.0 Å². The minimum atomic E-state index is -5.17. The Morgan fingerprint density at radius 2 is 1.61 bits per heavy atom. The molecule has 0 saturated carbocycles. The molecule has 0 saturated heterocycles. The molecule has 1 aliphatic heterocycles. The molecule has 0 bridgehead atoms. The number of benzene rings is 3. The molecule has 1 aliphatic rings. The predicted octanol–water partition coefficient (Wildman–Crippen LogP) is 6.61. The van der Waals surface area contributed by atoms with Crippen molar-refractivity contribution < 1.29 is 52.1 Å². The second kappa shape index (κ2) is 20.4. The number of carboxylic acids is 1. The number of alkyl halides is 3. The second-order valence-electron chi connectivity index (χ2n) is 13.3. The molecule has 0 aliphatic carbocycles. The fourth-order valence-corrected chi connectivity index (χ4v) is 6.69. The Bertz CT molecular complexity index is 1820. The van der Waals surface area contributed by atoms with Crippen molar-refractivity contribution in [2.75, 3.05) is 38.7 Å². The molecule has 18 heteroatoms. The number of nitrogens with zero attached hydrogens (tertiary/aromatic N) is 1. The molecule has 0 aromatic heterocycles. The van der Waals surface area contributed by atoms with Gasteiger partial charge in [0, 0.05) is 54.5 Å². The zero-order valence-electron chi connectivity index (χ0n) is 31.3. The summed E-state index contributed by atoms with van der Waals surface area (Å²) in [5, 5.41) is 40.5. The number of aliphatic carboxylic acids is 1. The molecule has 3 aromatic carbocycles. The third-order valence-corrected chi connectivity index (χ3v) is 9.35. The van der Waals surface area contributed by atoms with Gasteiger partial charge in [0.25, 0.3) is 5.69 Å². The topological polar surface area (TPSA) is 182 Å². The number of carbonyl (C=O) groups excluding carboxylic acids is 1. The summed E-state index contributed by atoms with van der Waals surface area (Å²) in [6, 6.07) is 17.8. The molecule has 0 spiro atoms. The number of ether oxygens (including phenoxy) is 3. The van der Waals surface area contributed by atoms with Crippen LogP contribution in [0.15, 0.2) is 84.1 Å². The first-order valence-corrected chi connectivity index (χ1v) is 17.2. The quantitative estimate of drug-likeness (QED) is 0.0426. The maximum Gasteiger partial charge on any atom is 0.412 e. The van der Waals surface area contributed by atoms with Crippen LogP contribution in [-0.2, 0) is 14.3 Å². The van der Waals surface area contributed by atoms with Crippen LogP contribution in [0.4, 0.5) is 24.5 Å². The highest BCUT2D eigenvalue weighted by molar-refractivity contribution is 5.92. The Kier molecular flexibility index (Phi) is 17.3. The summed E-state index contributed by atoms with van der Waals surface area (Å²) in [5.74, 6) is -7.50. The van der Waals surface area contributed by atoms with Gasteiger partial charge in [0.05, 0.1) is 17.6 Å². The van der Waals surface area contributed by atoms with Crippen molar-refractivity contribution in [3.05, 3.63) is 105 Å². The van der Waals surface area contributed by atoms with Crippen LogP contribution < -0.4 is 25.4 Å². The van der Waals surface area contributed by atoms with E-state index in [-0.39, 0.29) is 60.9 Å². The highest BCUT2D eigenvalue weighted by Crippen LogP contribution is 2.56. The lowest BCUT2D eigenvalue weighted by Gasteiger charge is -2.51. The van der Waals surface area contributed by atoms with E-state index in [1.807, 2.05) is 26.0 Å². The zero-order chi connectivity index (χ0) is 39.8. The summed E-state index contributed by atoms with van der Waals surface area (Å²) in [5.41, 5.74) is -3.74. The van der Waals surface area contributed by atoms with Crippen molar-refractivity contribution in [3.8, 4) is 11.5 Å². The Labute approximate surface area is 335 Å². The number of anilines is 1. The summed E-state index contributed by atoms with van der Waals surface area (Å²) >= 11 is 0. The fourth-order valence-electron chi connectivity index (χ4n) is 6.69. The van der Waals surface area contributed by atoms with E-state index < -0.39 is 63.7 Å². The van der Waals surface area contributed by atoms with Gasteiger partial charge in [-0.05, 0) is 54.4 Å². The number of nitro benzene ring substituents is 1. The monoisotopic (exact) mass is 830 g/mol. The van der Waals surface area contributed by atoms with Gasteiger partial charge >= 0.3 is 18.1 Å². The highest BCUT2D eigenvalue weighted by atomic mass is 35.5. The van der Waals surface area contributed by atoms with Crippen LogP contribution in [-0.4, -0.2) is 84.3 Å². The molecule has 308 valence electrons. The molecule has 5 N–H and O–H groups in total. The number of non-ortho nitro benzene ring substituents is 1. The minimum absolute atomic E-state index is 0. The highest BCUT2D eigenvalue weighted by Gasteiger charge is 2.69. The number of nitrogens with one attached hydrogen (secondary N) is 3. The zero-order valence-corrected chi connectivity index (χ0v) is 32.9. The predicted molar refractivity (Wildman–Crippen MR) is 208 cm³/mol. The number of allylic oxidation sites excluding steroid dienone is 1. The van der Waals surface area contributed by atoms with Crippen LogP contribution in [0.5, 0.6) is 11.5 Å². The molecule has 56 heavy (non-hydrogen) atoms. The number of aliphatic hydroxyl groups is 1. The van der Waals surface area contributed by atoms with Gasteiger partial charge in [-0.3, -0.25) is 14.9 Å². The molecule has 4 rings (SSSR count). The Morgan fingerprint density at radius 1 is 1.00 bits per heavy atom. The maximum atomic E-state index is 15.6. The van der Waals surface area contributed by atoms with Gasteiger partial charge < -0.3 is 40.4 Å². The number of hydrogen-bond donors (Lipinski definition) is 5. The summed E-state index contributed by atoms with van der Waals surface area (Å²) in [4.78, 5) is 36.9. The third kappa shape index (κ3) is 11.0. The second-order valence-corrected chi connectivity index (χ2v) is 13.3. The molecule has 0 radical (unpaired) electrons. The number of carbonyl (C=O) groups is 2. The first-order valence-electron chi connectivity index (χ1n) is 17.2. The number of rotatable bonds is 17. The van der Waals surface area contributed by atoms with Crippen LogP contribution in [0.25, 0.3) is 0 Å². The number of hydrogen-bond acceptors (Lipinski definition) is 11. The van der Waals surface area contributed by atoms with Crippen LogP contribution in [0.2, 0.25) is 0 Å². The largest absolute Gasteiger partial charge is 0.492 e. The normalized spacial score (nSPS) is 19.0. The lowest BCUT2D eigenvalue weighted by molar-refractivity contribution is -0.384. The van der Waals surface area contributed by atoms with Gasteiger partial charge in [0.2, 0.25) is 0 Å². The average Bonchev–Trinajstić information content (AvgIpc) is 3.13. The molecule has 5 unspecified atom stereocenters. The van der Waals surface area contributed by atoms with E-state index in [0.717, 1.165) is 24.9 Å². The van der Waals surface area contributed by atoms with Crippen LogP contribution >= 0.6 is 24.8 Å². The standard InChI is InChI=1S/C38H45F3N4O9.2ClH/c1-22(2)43-20-29(46)21-54-31-15-11-27(12-16-31)42-17-18-53-30-13-9-25(10-14-30)23(3)37(38(39,40)41)34(36(49)52-5)33(32(35(47)48)24(4)44-37)26-7-6-8-28(19-26)45(50)51;;/h6-16,19,22-23,29,33-34,42-44,46H,17-18,20-21H2,1-5H3,(H,47,48);2*1H. The van der Waals surface area contributed by atoms with Gasteiger partial charge in [0.15, 0.2) is 5.54 Å². The van der Waals surface area contributed by atoms with Gasteiger partial charge in [-0.25, -0.2) is 4.79 Å². The smallest absolute Gasteiger partial charge is 0.412 e. The summed E-state index contributed by atoms with van der Waals surface area (Å²) in [6.45, 7) is 7.55.